The number of hydrogen-bond acceptors (Lipinski definition) is 4. The van der Waals surface area contributed by atoms with Crippen LogP contribution in [0.2, 0.25) is 0 Å². The van der Waals surface area contributed by atoms with Gasteiger partial charge in [-0.15, -0.1) is 0 Å². The highest BCUT2D eigenvalue weighted by molar-refractivity contribution is 7.00. The van der Waals surface area contributed by atoms with Crippen LogP contribution in [0.25, 0.3) is 21.9 Å². The number of rotatable bonds is 3. The summed E-state index contributed by atoms with van der Waals surface area (Å²) in [4.78, 5) is 7.93. The maximum atomic E-state index is 6.39. The Morgan fingerprint density at radius 3 is 1.88 bits per heavy atom. The normalized spacial score (nSPS) is 19.8. The zero-order valence-corrected chi connectivity index (χ0v) is 40.8. The number of benzene rings is 7. The zero-order valence-electron chi connectivity index (χ0n) is 40.8. The van der Waals surface area contributed by atoms with Gasteiger partial charge in [0.15, 0.2) is 0 Å². The Labute approximate surface area is 392 Å². The van der Waals surface area contributed by atoms with E-state index in [2.05, 4.69) is 218 Å². The highest BCUT2D eigenvalue weighted by atomic mass is 16.3. The zero-order chi connectivity index (χ0) is 45.8. The Morgan fingerprint density at radius 2 is 1.14 bits per heavy atom. The van der Waals surface area contributed by atoms with Crippen LogP contribution < -0.4 is 31.1 Å². The molecule has 1 fully saturated rings. The van der Waals surface area contributed by atoms with Crippen LogP contribution in [-0.4, -0.2) is 12.3 Å². The molecule has 66 heavy (non-hydrogen) atoms. The first-order chi connectivity index (χ1) is 31.4. The Kier molecular flexibility index (Phi) is 8.70. The molecular formula is C61H62BN3O. The van der Waals surface area contributed by atoms with Gasteiger partial charge < -0.3 is 19.1 Å². The van der Waals surface area contributed by atoms with Crippen molar-refractivity contribution in [2.45, 2.75) is 124 Å². The molecule has 5 heteroatoms. The third-order valence-corrected chi connectivity index (χ3v) is 16.5. The number of anilines is 8. The summed E-state index contributed by atoms with van der Waals surface area (Å²) in [6, 6.07) is 49.3. The highest BCUT2D eigenvalue weighted by Gasteiger charge is 2.58. The van der Waals surface area contributed by atoms with Gasteiger partial charge in [0.05, 0.1) is 5.54 Å². The van der Waals surface area contributed by atoms with Crippen LogP contribution in [0.1, 0.15) is 114 Å². The highest BCUT2D eigenvalue weighted by Crippen LogP contribution is 2.62. The van der Waals surface area contributed by atoms with E-state index in [1.807, 2.05) is 0 Å². The second kappa shape index (κ2) is 13.9. The Balaban J connectivity index is 1.14. The van der Waals surface area contributed by atoms with Crippen LogP contribution in [0.4, 0.5) is 45.5 Å². The van der Waals surface area contributed by atoms with Crippen molar-refractivity contribution in [2.75, 3.05) is 14.7 Å². The van der Waals surface area contributed by atoms with Gasteiger partial charge in [-0.25, -0.2) is 0 Å². The first kappa shape index (κ1) is 41.3. The van der Waals surface area contributed by atoms with Gasteiger partial charge in [-0.3, -0.25) is 0 Å². The molecule has 2 unspecified atom stereocenters. The number of furan rings is 1. The van der Waals surface area contributed by atoms with E-state index in [1.54, 1.807) is 5.56 Å². The fraction of sp³-hybridized carbons (Fsp3) is 0.311. The second-order valence-corrected chi connectivity index (χ2v) is 22.8. The van der Waals surface area contributed by atoms with E-state index in [-0.39, 0.29) is 28.5 Å². The van der Waals surface area contributed by atoms with Gasteiger partial charge in [-0.2, -0.15) is 0 Å². The average Bonchev–Trinajstić information content (AvgIpc) is 3.74. The minimum absolute atomic E-state index is 0.0164. The van der Waals surface area contributed by atoms with E-state index in [0.29, 0.717) is 0 Å². The topological polar surface area (TPSA) is 22.9 Å². The minimum Gasteiger partial charge on any atom is -0.456 e. The second-order valence-electron chi connectivity index (χ2n) is 22.8. The van der Waals surface area contributed by atoms with Crippen LogP contribution in [0, 0.1) is 20.8 Å². The van der Waals surface area contributed by atoms with Gasteiger partial charge in [-0.1, -0.05) is 116 Å². The molecule has 1 aromatic heterocycles. The number of para-hydroxylation sites is 1. The van der Waals surface area contributed by atoms with E-state index in [9.17, 15) is 0 Å². The van der Waals surface area contributed by atoms with Crippen molar-refractivity contribution < 1.29 is 4.42 Å². The smallest absolute Gasteiger partial charge is 0.252 e. The van der Waals surface area contributed by atoms with E-state index in [1.165, 1.54) is 110 Å². The Morgan fingerprint density at radius 1 is 0.515 bits per heavy atom. The molecule has 7 aromatic carbocycles. The van der Waals surface area contributed by atoms with Gasteiger partial charge in [-0.05, 0) is 174 Å². The van der Waals surface area contributed by atoms with Crippen LogP contribution in [-0.2, 0) is 16.2 Å². The lowest BCUT2D eigenvalue weighted by Gasteiger charge is -2.51. The molecular weight excluding hydrogens is 802 g/mol. The molecule has 0 amide bonds. The summed E-state index contributed by atoms with van der Waals surface area (Å²) in [5.41, 5.74) is 24.0. The van der Waals surface area contributed by atoms with Gasteiger partial charge >= 0.3 is 0 Å². The van der Waals surface area contributed by atoms with Crippen LogP contribution in [0.3, 0.4) is 0 Å². The molecule has 0 bridgehead atoms. The Bertz CT molecular complexity index is 3330. The van der Waals surface area contributed by atoms with E-state index >= 15 is 0 Å². The maximum Gasteiger partial charge on any atom is 0.252 e. The predicted octanol–water partition coefficient (Wildman–Crippen LogP) is 14.9. The van der Waals surface area contributed by atoms with Crippen LogP contribution >= 0.6 is 0 Å². The number of hydrogen-bond donors (Lipinski definition) is 0. The molecule has 12 rings (SSSR count). The molecule has 0 spiro atoms. The van der Waals surface area contributed by atoms with E-state index in [4.69, 9.17) is 4.42 Å². The lowest BCUT2D eigenvalue weighted by atomic mass is 9.33. The first-order valence-corrected chi connectivity index (χ1v) is 24.4. The molecule has 2 atom stereocenters. The third kappa shape index (κ3) is 5.77. The standard InChI is InChI=1S/C61H62BN3O/c1-37-30-39(3)56-51(31-37)65(61(11)29-15-14-28-60(56,61)10)44-23-25-47-50(36-44)63(42-21-18-40(19-22-42)58(4,5)6)52-32-38(2)33-53-57(52)62(47)48-34-41(59(7,8)9)20-26-49(48)64(53)43-24-27-55-46(35-43)45-16-12-13-17-54(45)66-55/h12-13,16-27,30-36H,14-15,28-29H2,1-11H3. The molecule has 8 aromatic rings. The van der Waals surface area contributed by atoms with E-state index in [0.717, 1.165) is 27.6 Å². The summed E-state index contributed by atoms with van der Waals surface area (Å²) < 4.78 is 6.39. The fourth-order valence-electron chi connectivity index (χ4n) is 13.0. The summed E-state index contributed by atoms with van der Waals surface area (Å²) in [6.07, 6.45) is 4.89. The number of aryl methyl sites for hydroxylation is 3. The first-order valence-electron chi connectivity index (χ1n) is 24.4. The average molecular weight is 864 g/mol. The van der Waals surface area contributed by atoms with Gasteiger partial charge in [0.2, 0.25) is 0 Å². The largest absolute Gasteiger partial charge is 0.456 e. The summed E-state index contributed by atoms with van der Waals surface area (Å²) >= 11 is 0. The van der Waals surface area contributed by atoms with Gasteiger partial charge in [0.1, 0.15) is 11.2 Å². The number of fused-ring (bicyclic) bond motifs is 10. The van der Waals surface area contributed by atoms with Gasteiger partial charge in [0.25, 0.3) is 6.71 Å². The summed E-state index contributed by atoms with van der Waals surface area (Å²) in [5.74, 6) is 0. The van der Waals surface area contributed by atoms with Crippen LogP contribution in [0.5, 0.6) is 0 Å². The van der Waals surface area contributed by atoms with Crippen molar-refractivity contribution in [3.8, 4) is 0 Å². The van der Waals surface area contributed by atoms with Crippen molar-refractivity contribution >= 4 is 90.5 Å². The molecule has 3 aliphatic heterocycles. The molecule has 0 saturated heterocycles. The van der Waals surface area contributed by atoms with Crippen LogP contribution in [0.15, 0.2) is 132 Å². The van der Waals surface area contributed by atoms with Crippen molar-refractivity contribution in [1.82, 2.24) is 0 Å². The quantitative estimate of drug-likeness (QED) is 0.165. The summed E-state index contributed by atoms with van der Waals surface area (Å²) in [5, 5.41) is 2.27. The Hall–Kier alpha value is -6.20. The monoisotopic (exact) mass is 863 g/mol. The molecule has 0 N–H and O–H groups in total. The fourth-order valence-corrected chi connectivity index (χ4v) is 13.0. The molecule has 4 aliphatic rings. The molecule has 0 radical (unpaired) electrons. The summed E-state index contributed by atoms with van der Waals surface area (Å²) in [6.45, 7) is 26.0. The molecule has 1 saturated carbocycles. The van der Waals surface area contributed by atoms with Crippen molar-refractivity contribution in [1.29, 1.82) is 0 Å². The van der Waals surface area contributed by atoms with Crippen molar-refractivity contribution in [3.63, 3.8) is 0 Å². The van der Waals surface area contributed by atoms with Gasteiger partial charge in [0, 0.05) is 61.7 Å². The van der Waals surface area contributed by atoms with E-state index < -0.39 is 0 Å². The summed E-state index contributed by atoms with van der Waals surface area (Å²) in [7, 11) is 0. The molecule has 330 valence electrons. The van der Waals surface area contributed by atoms with Crippen molar-refractivity contribution in [3.05, 3.63) is 161 Å². The van der Waals surface area contributed by atoms with Crippen molar-refractivity contribution in [2.24, 2.45) is 0 Å². The lowest BCUT2D eigenvalue weighted by molar-refractivity contribution is 0.194. The lowest BCUT2D eigenvalue weighted by Crippen LogP contribution is -2.61. The number of nitrogens with zero attached hydrogens (tertiary/aromatic N) is 3. The molecule has 1 aliphatic carbocycles. The maximum absolute atomic E-state index is 6.39. The minimum atomic E-state index is -0.0587. The molecule has 4 nitrogen and oxygen atoms in total. The predicted molar refractivity (Wildman–Crippen MR) is 282 cm³/mol. The SMILES string of the molecule is Cc1cc2c3c(c1)N(c1ccc(C(C)(C)C)cc1)c1cc(N4c5cc(C)cc(C)c5C5(C)CCCCC45C)ccc1B3c1cc(C(C)(C)C)ccc1N2c1ccc2oc3ccccc3c2c1. The third-order valence-electron chi connectivity index (χ3n) is 16.5. The molecule has 4 heterocycles.